The highest BCUT2D eigenvalue weighted by Crippen LogP contribution is 2.18. The molecule has 0 spiro atoms. The lowest BCUT2D eigenvalue weighted by Crippen LogP contribution is -2.29. The smallest absolute Gasteiger partial charge is 0.274 e. The molecule has 0 bridgehead atoms. The maximum Gasteiger partial charge on any atom is 0.274 e. The Bertz CT molecular complexity index is 646. The van der Waals surface area contributed by atoms with E-state index in [0.29, 0.717) is 5.76 Å². The molecule has 2 aromatic rings. The minimum atomic E-state index is -0.259. The quantitative estimate of drug-likeness (QED) is 0.931. The van der Waals surface area contributed by atoms with Gasteiger partial charge in [-0.05, 0) is 26.7 Å². The lowest BCUT2D eigenvalue weighted by Gasteiger charge is -2.14. The second-order valence-electron chi connectivity index (χ2n) is 5.45. The molecule has 0 radical (unpaired) electrons. The Morgan fingerprint density at radius 3 is 3.00 bits per heavy atom. The Balaban J connectivity index is 1.75. The zero-order chi connectivity index (χ0) is 14.8. The summed E-state index contributed by atoms with van der Waals surface area (Å²) >= 11 is 0. The standard InChI is InChI=1S/C14H19N5O2/c1-9-8-11(18-21-9)14(20)15-10(2)13-17-16-12-6-4-3-5-7-19(12)13/h8,10H,3-7H2,1-2H3,(H,15,20)/t10-/m1/s1. The first kappa shape index (κ1) is 13.8. The number of rotatable bonds is 3. The fraction of sp³-hybridized carbons (Fsp3) is 0.571. The molecule has 1 N–H and O–H groups in total. The highest BCUT2D eigenvalue weighted by Gasteiger charge is 2.22. The number of nitrogens with zero attached hydrogens (tertiary/aromatic N) is 4. The number of hydrogen-bond donors (Lipinski definition) is 1. The van der Waals surface area contributed by atoms with Gasteiger partial charge in [-0.1, -0.05) is 11.6 Å². The second kappa shape index (κ2) is 5.67. The molecule has 2 aromatic heterocycles. The van der Waals surface area contributed by atoms with E-state index in [-0.39, 0.29) is 17.6 Å². The minimum absolute atomic E-state index is 0.214. The van der Waals surface area contributed by atoms with Crippen LogP contribution in [-0.2, 0) is 13.0 Å². The molecule has 0 aliphatic carbocycles. The molecule has 7 heteroatoms. The van der Waals surface area contributed by atoms with Crippen molar-refractivity contribution in [3.05, 3.63) is 29.2 Å². The van der Waals surface area contributed by atoms with Gasteiger partial charge in [-0.2, -0.15) is 0 Å². The predicted octanol–water partition coefficient (Wildman–Crippen LogP) is 1.79. The Labute approximate surface area is 122 Å². The van der Waals surface area contributed by atoms with Crippen LogP contribution >= 0.6 is 0 Å². The summed E-state index contributed by atoms with van der Waals surface area (Å²) in [6, 6.07) is 1.40. The van der Waals surface area contributed by atoms with Crippen molar-refractivity contribution in [2.45, 2.75) is 52.1 Å². The highest BCUT2D eigenvalue weighted by atomic mass is 16.5. The van der Waals surface area contributed by atoms with E-state index >= 15 is 0 Å². The van der Waals surface area contributed by atoms with Crippen LogP contribution in [0.15, 0.2) is 10.6 Å². The van der Waals surface area contributed by atoms with Gasteiger partial charge in [-0.3, -0.25) is 4.79 Å². The van der Waals surface area contributed by atoms with E-state index < -0.39 is 0 Å². The van der Waals surface area contributed by atoms with Crippen LogP contribution in [0.2, 0.25) is 0 Å². The second-order valence-corrected chi connectivity index (χ2v) is 5.45. The Morgan fingerprint density at radius 2 is 2.24 bits per heavy atom. The summed E-state index contributed by atoms with van der Waals surface area (Å²) in [5.41, 5.74) is 0.287. The van der Waals surface area contributed by atoms with Crippen molar-refractivity contribution >= 4 is 5.91 Å². The van der Waals surface area contributed by atoms with Crippen LogP contribution in [0.3, 0.4) is 0 Å². The van der Waals surface area contributed by atoms with Gasteiger partial charge in [0.2, 0.25) is 0 Å². The third-order valence-electron chi connectivity index (χ3n) is 3.73. The van der Waals surface area contributed by atoms with Gasteiger partial charge in [0.05, 0.1) is 6.04 Å². The zero-order valence-corrected chi connectivity index (χ0v) is 12.3. The van der Waals surface area contributed by atoms with Crippen molar-refractivity contribution < 1.29 is 9.32 Å². The molecule has 1 aliphatic heterocycles. The summed E-state index contributed by atoms with van der Waals surface area (Å²) < 4.78 is 7.05. The van der Waals surface area contributed by atoms with E-state index in [1.807, 2.05) is 6.92 Å². The van der Waals surface area contributed by atoms with Gasteiger partial charge in [0, 0.05) is 19.0 Å². The normalized spacial score (nSPS) is 16.1. The molecule has 7 nitrogen and oxygen atoms in total. The number of nitrogens with one attached hydrogen (secondary N) is 1. The Kier molecular flexibility index (Phi) is 3.72. The minimum Gasteiger partial charge on any atom is -0.361 e. The summed E-state index contributed by atoms with van der Waals surface area (Å²) in [5, 5.41) is 15.1. The molecule has 112 valence electrons. The summed E-state index contributed by atoms with van der Waals surface area (Å²) in [6.45, 7) is 4.58. The lowest BCUT2D eigenvalue weighted by molar-refractivity contribution is 0.0928. The number of amides is 1. The fourth-order valence-electron chi connectivity index (χ4n) is 2.64. The number of fused-ring (bicyclic) bond motifs is 1. The van der Waals surface area contributed by atoms with Crippen molar-refractivity contribution in [2.75, 3.05) is 0 Å². The third kappa shape index (κ3) is 2.81. The van der Waals surface area contributed by atoms with Gasteiger partial charge in [0.25, 0.3) is 5.91 Å². The van der Waals surface area contributed by atoms with Crippen LogP contribution in [-0.4, -0.2) is 25.8 Å². The SMILES string of the molecule is Cc1cc(C(=O)N[C@H](C)c2nnc3n2CCCCC3)no1. The number of hydrogen-bond acceptors (Lipinski definition) is 5. The molecule has 0 aromatic carbocycles. The molecule has 0 saturated carbocycles. The van der Waals surface area contributed by atoms with Crippen molar-refractivity contribution in [3.63, 3.8) is 0 Å². The maximum absolute atomic E-state index is 12.1. The first-order chi connectivity index (χ1) is 10.1. The van der Waals surface area contributed by atoms with E-state index in [1.165, 1.54) is 6.42 Å². The summed E-state index contributed by atoms with van der Waals surface area (Å²) in [4.78, 5) is 12.1. The molecule has 21 heavy (non-hydrogen) atoms. The van der Waals surface area contributed by atoms with Gasteiger partial charge in [-0.25, -0.2) is 0 Å². The fourth-order valence-corrected chi connectivity index (χ4v) is 2.64. The van der Waals surface area contributed by atoms with E-state index in [4.69, 9.17) is 4.52 Å². The largest absolute Gasteiger partial charge is 0.361 e. The summed E-state index contributed by atoms with van der Waals surface area (Å²) in [5.74, 6) is 2.18. The zero-order valence-electron chi connectivity index (χ0n) is 12.3. The molecular formula is C14H19N5O2. The Morgan fingerprint density at radius 1 is 1.38 bits per heavy atom. The van der Waals surface area contributed by atoms with Crippen molar-refractivity contribution in [1.82, 2.24) is 25.2 Å². The van der Waals surface area contributed by atoms with Gasteiger partial charge in [-0.15, -0.1) is 10.2 Å². The van der Waals surface area contributed by atoms with E-state index in [2.05, 4.69) is 25.2 Å². The first-order valence-corrected chi connectivity index (χ1v) is 7.31. The van der Waals surface area contributed by atoms with Gasteiger partial charge in [0.1, 0.15) is 11.6 Å². The summed E-state index contributed by atoms with van der Waals surface area (Å²) in [6.07, 6.45) is 4.44. The van der Waals surface area contributed by atoms with E-state index in [9.17, 15) is 4.79 Å². The van der Waals surface area contributed by atoms with Gasteiger partial charge in [0.15, 0.2) is 11.5 Å². The molecule has 0 unspecified atom stereocenters. The number of carbonyl (C=O) groups is 1. The van der Waals surface area contributed by atoms with Gasteiger partial charge >= 0.3 is 0 Å². The monoisotopic (exact) mass is 289 g/mol. The predicted molar refractivity (Wildman–Crippen MR) is 74.7 cm³/mol. The van der Waals surface area contributed by atoms with Crippen LogP contribution in [0, 0.1) is 6.92 Å². The topological polar surface area (TPSA) is 85.8 Å². The van der Waals surface area contributed by atoms with Crippen LogP contribution in [0.25, 0.3) is 0 Å². The van der Waals surface area contributed by atoms with Crippen LogP contribution in [0.5, 0.6) is 0 Å². The highest BCUT2D eigenvalue weighted by molar-refractivity contribution is 5.92. The molecule has 3 rings (SSSR count). The molecule has 0 fully saturated rings. The average Bonchev–Trinajstić information content (AvgIpc) is 2.99. The molecule has 1 aliphatic rings. The maximum atomic E-state index is 12.1. The average molecular weight is 289 g/mol. The third-order valence-corrected chi connectivity index (χ3v) is 3.73. The van der Waals surface area contributed by atoms with E-state index in [1.54, 1.807) is 13.0 Å². The Hall–Kier alpha value is -2.18. The molecule has 1 atom stereocenters. The molecule has 1 amide bonds. The van der Waals surface area contributed by atoms with Crippen molar-refractivity contribution in [2.24, 2.45) is 0 Å². The summed E-state index contributed by atoms with van der Waals surface area (Å²) in [7, 11) is 0. The number of aromatic nitrogens is 4. The lowest BCUT2D eigenvalue weighted by atomic mass is 10.2. The molecule has 0 saturated heterocycles. The van der Waals surface area contributed by atoms with E-state index in [0.717, 1.165) is 37.5 Å². The molecule has 3 heterocycles. The number of aryl methyl sites for hydroxylation is 2. The van der Waals surface area contributed by atoms with Gasteiger partial charge < -0.3 is 14.4 Å². The first-order valence-electron chi connectivity index (χ1n) is 7.31. The van der Waals surface area contributed by atoms with Crippen LogP contribution < -0.4 is 5.32 Å². The van der Waals surface area contributed by atoms with Crippen molar-refractivity contribution in [1.29, 1.82) is 0 Å². The van der Waals surface area contributed by atoms with Crippen molar-refractivity contribution in [3.8, 4) is 0 Å². The number of carbonyl (C=O) groups excluding carboxylic acids is 1. The van der Waals surface area contributed by atoms with Crippen LogP contribution in [0.1, 0.15) is 60.1 Å². The molecular weight excluding hydrogens is 270 g/mol. The van der Waals surface area contributed by atoms with Crippen LogP contribution in [0.4, 0.5) is 0 Å².